The van der Waals surface area contributed by atoms with Crippen LogP contribution in [0.1, 0.15) is 0 Å². The van der Waals surface area contributed by atoms with Gasteiger partial charge in [-0.2, -0.15) is 11.4 Å². The van der Waals surface area contributed by atoms with Gasteiger partial charge in [-0.25, -0.2) is 6.07 Å². The zero-order chi connectivity index (χ0) is 15.1. The maximum atomic E-state index is 9.75. The van der Waals surface area contributed by atoms with Gasteiger partial charge < -0.3 is 28.6 Å². The van der Waals surface area contributed by atoms with Crippen LogP contribution in [0.5, 0.6) is 0 Å². The second-order valence-corrected chi connectivity index (χ2v) is 3.89. The Labute approximate surface area is 143 Å². The van der Waals surface area contributed by atoms with E-state index in [0.29, 0.717) is 0 Å². The van der Waals surface area contributed by atoms with E-state index in [1.165, 1.54) is 0 Å². The topological polar surface area (TPSA) is 0 Å². The summed E-state index contributed by atoms with van der Waals surface area (Å²) in [5.74, 6) is 0. The van der Waals surface area contributed by atoms with Crippen LogP contribution in [0.15, 0.2) is 17.5 Å². The average molecular weight is 486 g/mol. The molecule has 0 nitrogen and oxygen atoms in total. The third-order valence-electron chi connectivity index (χ3n) is 1.49. The second kappa shape index (κ2) is 16.5. The van der Waals surface area contributed by atoms with Crippen LogP contribution in [0.4, 0.5) is 17.3 Å². The molecule has 0 atom stereocenters. The van der Waals surface area contributed by atoms with Crippen LogP contribution in [-0.4, -0.2) is 7.25 Å². The smallest absolute Gasteiger partial charge is 0.418 e. The van der Waals surface area contributed by atoms with Crippen molar-refractivity contribution < 1.29 is 37.7 Å². The molecule has 7 heteroatoms. The molecule has 0 N–H and O–H groups in total. The number of hydrogen-bond donors (Lipinski definition) is 0. The van der Waals surface area contributed by atoms with Crippen LogP contribution >= 0.6 is 11.3 Å². The first-order chi connectivity index (χ1) is 9.50. The van der Waals surface area contributed by atoms with Gasteiger partial charge in [-0.1, -0.05) is 0 Å². The molecule has 0 amide bonds. The summed E-state index contributed by atoms with van der Waals surface area (Å²) in [6.07, 6.45) is 20.0. The van der Waals surface area contributed by atoms with Gasteiger partial charge in [-0.05, 0) is 64.2 Å². The van der Waals surface area contributed by atoms with Gasteiger partial charge in [0.25, 0.3) is 0 Å². The molecule has 2 saturated carbocycles. The molecule has 3 rings (SSSR count). The van der Waals surface area contributed by atoms with Gasteiger partial charge >= 0.3 is 7.25 Å². The Bertz CT molecular complexity index is 225. The average Bonchev–Trinajstić information content (AvgIpc) is 3.17. The van der Waals surface area contributed by atoms with E-state index in [0.717, 1.165) is 0 Å². The van der Waals surface area contributed by atoms with Crippen molar-refractivity contribution in [3.8, 4) is 0 Å². The van der Waals surface area contributed by atoms with Gasteiger partial charge in [0.2, 0.25) is 0 Å². The summed E-state index contributed by atoms with van der Waals surface area (Å²) < 4.78 is 39.0. The molecule has 21 heavy (non-hydrogen) atoms. The standard InChI is InChI=1S/2C5H5.C4H3S.BF4.Re/c3*1-2-4-5-3-1;2-1(3,4)5;/h2*1-5H;1-3H;;/q;;2*-1;. The van der Waals surface area contributed by atoms with Crippen molar-refractivity contribution in [2.45, 2.75) is 0 Å². The van der Waals surface area contributed by atoms with Crippen LogP contribution < -0.4 is 0 Å². The van der Waals surface area contributed by atoms with E-state index >= 15 is 0 Å². The maximum absolute atomic E-state index is 9.75. The predicted octanol–water partition coefficient (Wildman–Crippen LogP) is 4.89. The number of halogens is 4. The molecule has 2 aliphatic rings. The minimum atomic E-state index is -6.00. The Kier molecular flexibility index (Phi) is 18.4. The third kappa shape index (κ3) is 28.9. The largest absolute Gasteiger partial charge is 0.673 e. The minimum absolute atomic E-state index is 0. The SMILES string of the molecule is F[B-](F)(F)F.[CH]1[CH][CH][CH][CH]1.[CH]1[CH][CH][CH][CH]1.[Re].[c-]1cccs1. The van der Waals surface area contributed by atoms with E-state index in [4.69, 9.17) is 0 Å². The summed E-state index contributed by atoms with van der Waals surface area (Å²) in [6, 6.07) is 3.86. The first kappa shape index (κ1) is 23.4. The first-order valence-corrected chi connectivity index (χ1v) is 6.48. The Morgan fingerprint density at radius 3 is 1.05 bits per heavy atom. The Morgan fingerprint density at radius 1 is 0.667 bits per heavy atom. The fraction of sp³-hybridized carbons (Fsp3) is 0. The van der Waals surface area contributed by atoms with E-state index in [1.54, 1.807) is 11.3 Å². The van der Waals surface area contributed by atoms with E-state index < -0.39 is 7.25 Å². The number of hydrogen-bond acceptors (Lipinski definition) is 1. The van der Waals surface area contributed by atoms with E-state index in [9.17, 15) is 17.3 Å². The van der Waals surface area contributed by atoms with Crippen LogP contribution in [0, 0.1) is 69.6 Å². The molecule has 115 valence electrons. The summed E-state index contributed by atoms with van der Waals surface area (Å²) in [7, 11) is -6.00. The van der Waals surface area contributed by atoms with Gasteiger partial charge in [0.05, 0.1) is 0 Å². The zero-order valence-electron chi connectivity index (χ0n) is 10.9. The molecule has 2 aliphatic carbocycles. The van der Waals surface area contributed by atoms with Gasteiger partial charge in [0, 0.05) is 20.4 Å². The predicted molar refractivity (Wildman–Crippen MR) is 76.3 cm³/mol. The molecule has 0 aromatic carbocycles. The van der Waals surface area contributed by atoms with Crippen molar-refractivity contribution >= 4 is 18.6 Å². The Morgan fingerprint density at radius 2 is 0.952 bits per heavy atom. The molecule has 0 spiro atoms. The monoisotopic (exact) mass is 487 g/mol. The summed E-state index contributed by atoms with van der Waals surface area (Å²) in [4.78, 5) is 0. The Balaban J connectivity index is 0. The molecular weight excluding hydrogens is 473 g/mol. The van der Waals surface area contributed by atoms with Crippen molar-refractivity contribution in [1.82, 2.24) is 0 Å². The molecule has 0 aliphatic heterocycles. The summed E-state index contributed by atoms with van der Waals surface area (Å²) in [6.45, 7) is 0. The van der Waals surface area contributed by atoms with E-state index in [-0.39, 0.29) is 20.4 Å². The van der Waals surface area contributed by atoms with Crippen molar-refractivity contribution in [2.75, 3.05) is 0 Å². The van der Waals surface area contributed by atoms with Crippen LogP contribution in [0.25, 0.3) is 0 Å². The molecule has 0 unspecified atom stereocenters. The van der Waals surface area contributed by atoms with Crippen molar-refractivity contribution in [3.63, 3.8) is 0 Å². The van der Waals surface area contributed by atoms with Crippen molar-refractivity contribution in [3.05, 3.63) is 87.1 Å². The fourth-order valence-corrected chi connectivity index (χ4v) is 1.23. The van der Waals surface area contributed by atoms with E-state index in [1.807, 2.05) is 81.7 Å². The second-order valence-electron chi connectivity index (χ2n) is 3.15. The summed E-state index contributed by atoms with van der Waals surface area (Å²) in [5.41, 5.74) is 0. The maximum Gasteiger partial charge on any atom is 0.673 e. The molecular formula is C14H13BF4ReS-2. The van der Waals surface area contributed by atoms with Gasteiger partial charge in [0.15, 0.2) is 0 Å². The summed E-state index contributed by atoms with van der Waals surface area (Å²) in [5, 5.41) is 4.89. The van der Waals surface area contributed by atoms with Gasteiger partial charge in [0.1, 0.15) is 0 Å². The molecule has 11 radical (unpaired) electrons. The number of rotatable bonds is 0. The quantitative estimate of drug-likeness (QED) is 0.279. The molecule has 0 saturated heterocycles. The molecule has 1 heterocycles. The molecule has 1 aromatic rings. The zero-order valence-corrected chi connectivity index (χ0v) is 14.4. The van der Waals surface area contributed by atoms with Crippen LogP contribution in [0.2, 0.25) is 0 Å². The van der Waals surface area contributed by atoms with Crippen LogP contribution in [-0.2, 0) is 20.4 Å². The third-order valence-corrected chi connectivity index (χ3v) is 2.06. The van der Waals surface area contributed by atoms with E-state index in [2.05, 4.69) is 5.38 Å². The Hall–Kier alpha value is 0.147. The normalized spacial score (nSPS) is 16.2. The fourth-order valence-electron chi connectivity index (χ4n) is 0.838. The van der Waals surface area contributed by atoms with Crippen LogP contribution in [0.3, 0.4) is 0 Å². The van der Waals surface area contributed by atoms with Crippen molar-refractivity contribution in [1.29, 1.82) is 0 Å². The minimum Gasteiger partial charge on any atom is -0.418 e. The molecule has 0 bridgehead atoms. The molecule has 1 aromatic heterocycles. The first-order valence-electron chi connectivity index (χ1n) is 5.60. The van der Waals surface area contributed by atoms with Gasteiger partial charge in [-0.15, -0.1) is 5.38 Å². The van der Waals surface area contributed by atoms with Crippen molar-refractivity contribution in [2.24, 2.45) is 0 Å². The van der Waals surface area contributed by atoms with Gasteiger partial charge in [-0.3, -0.25) is 0 Å². The number of thiophene rings is 1. The molecule has 2 fully saturated rings. The summed E-state index contributed by atoms with van der Waals surface area (Å²) >= 11 is 1.59.